The second kappa shape index (κ2) is 31.3. The van der Waals surface area contributed by atoms with Crippen LogP contribution in [-0.4, -0.2) is 80.5 Å². The maximum Gasteiger partial charge on any atom is 0.119 e. The van der Waals surface area contributed by atoms with Crippen LogP contribution in [0.3, 0.4) is 0 Å². The summed E-state index contributed by atoms with van der Waals surface area (Å²) in [6.07, 6.45) is 11.1. The van der Waals surface area contributed by atoms with Crippen molar-refractivity contribution in [1.29, 1.82) is 0 Å². The minimum Gasteiger partial charge on any atom is -0.508 e. The van der Waals surface area contributed by atoms with E-state index in [1.165, 1.54) is 30.6 Å². The summed E-state index contributed by atoms with van der Waals surface area (Å²) in [5, 5.41) is 33.8. The second-order valence-corrected chi connectivity index (χ2v) is 46.8. The van der Waals surface area contributed by atoms with E-state index in [0.717, 1.165) is 77.7 Å². The number of aliphatic hydroxyl groups excluding tert-OH is 2. The molecule has 0 saturated carbocycles. The van der Waals surface area contributed by atoms with Crippen molar-refractivity contribution in [2.75, 3.05) is 33.3 Å². The van der Waals surface area contributed by atoms with Crippen molar-refractivity contribution in [3.8, 4) is 11.5 Å². The highest BCUT2D eigenvalue weighted by atomic mass is 33.5. The van der Waals surface area contributed by atoms with Gasteiger partial charge in [-0.15, -0.1) is 13.2 Å². The highest BCUT2D eigenvalue weighted by Gasteiger charge is 2.43. The molecule has 28 heteroatoms. The maximum absolute atomic E-state index is 11.2. The quantitative estimate of drug-likeness (QED) is 0.192. The Kier molecular flexibility index (Phi) is 26.6. The van der Waals surface area contributed by atoms with Crippen LogP contribution < -0.4 is 4.74 Å². The number of aromatic nitrogens is 2. The zero-order valence-electron chi connectivity index (χ0n) is 35.3. The van der Waals surface area contributed by atoms with Gasteiger partial charge in [-0.1, -0.05) is 12.2 Å². The van der Waals surface area contributed by atoms with Crippen molar-refractivity contribution in [3.63, 3.8) is 0 Å². The van der Waals surface area contributed by atoms with Crippen LogP contribution in [0.15, 0.2) is 86.2 Å². The summed E-state index contributed by atoms with van der Waals surface area (Å²) in [5.74, 6) is 3.38. The molecule has 4 bridgehead atoms. The highest BCUT2D eigenvalue weighted by Crippen LogP contribution is 2.43. The summed E-state index contributed by atoms with van der Waals surface area (Å²) in [6.45, 7) is 12.1. The Bertz CT molecular complexity index is 3200. The van der Waals surface area contributed by atoms with E-state index in [0.29, 0.717) is 23.7 Å². The zero-order valence-corrected chi connectivity index (χ0v) is 51.7. The third kappa shape index (κ3) is 17.1. The smallest absolute Gasteiger partial charge is 0.119 e. The van der Waals surface area contributed by atoms with Gasteiger partial charge >= 0.3 is 0 Å². The summed E-state index contributed by atoms with van der Waals surface area (Å²) in [7, 11) is 32.5. The number of aromatic hydroxyl groups is 1. The van der Waals surface area contributed by atoms with E-state index in [-0.39, 0.29) is 17.8 Å². The molecule has 10 rings (SSSR count). The predicted molar refractivity (Wildman–Crippen MR) is 332 cm³/mol. The molecule has 2 aromatic carbocycles. The molecule has 6 saturated heterocycles. The first-order valence-corrected chi connectivity index (χ1v) is 45.5. The van der Waals surface area contributed by atoms with Gasteiger partial charge in [-0.2, -0.15) is 0 Å². The van der Waals surface area contributed by atoms with E-state index in [4.69, 9.17) is 27.1 Å². The van der Waals surface area contributed by atoms with Crippen molar-refractivity contribution in [3.05, 3.63) is 97.4 Å². The van der Waals surface area contributed by atoms with E-state index in [1.54, 1.807) is 180 Å². The molecule has 6 fully saturated rings. The van der Waals surface area contributed by atoms with E-state index in [9.17, 15) is 15.3 Å². The average molecular weight is 1280 g/mol. The van der Waals surface area contributed by atoms with Crippen LogP contribution in [0.1, 0.15) is 49.0 Å². The van der Waals surface area contributed by atoms with Crippen molar-refractivity contribution < 1.29 is 20.1 Å². The minimum absolute atomic E-state index is 0.137. The standard InChI is InChI=1S/C20H24N2O2.C19H22N2O2.S20/c1-3-13-12-22-9-7-14(13)10-19(22)20(23)16-6-8-21-18-5-4-15(24-2)11-17(16)18;1-2-12-11-21-8-6-13(12)9-18(21)19(23)15-5-7-20-17-4-3-14(22)10-16(15)17;1-3-5-7-9-11-13-15-17-19-20-18-16-14-12-10-8-6-4-2/h3-6,8,11,13-14,19-20,23H,1,7,9-10,12H2,2H3;2-5,7,10,12-13,18-19,22-23H,1,6,8-9,11H2;/t13?,14?,19?,20-;12?,13?,18?,19-;/m11./s1. The molecule has 8 heterocycles. The van der Waals surface area contributed by atoms with Crippen LogP contribution in [0.25, 0.3) is 21.8 Å². The van der Waals surface area contributed by atoms with Crippen LogP contribution in [0.5, 0.6) is 11.5 Å². The number of methoxy groups -OCH3 is 1. The Morgan fingerprint density at radius 2 is 1.01 bits per heavy atom. The first kappa shape index (κ1) is 56.9. The Morgan fingerprint density at radius 3 is 1.39 bits per heavy atom. The molecule has 6 aliphatic heterocycles. The lowest BCUT2D eigenvalue weighted by Gasteiger charge is -2.50. The van der Waals surface area contributed by atoms with E-state index >= 15 is 0 Å². The van der Waals surface area contributed by atoms with Crippen LogP contribution in [0.2, 0.25) is 0 Å². The Balaban J connectivity index is 0.000000167. The predicted octanol–water partition coefficient (Wildman–Crippen LogP) is 6.00. The molecule has 0 spiro atoms. The summed E-state index contributed by atoms with van der Waals surface area (Å²) in [4.78, 5) is 13.6. The molecule has 0 aliphatic carbocycles. The lowest BCUT2D eigenvalue weighted by molar-refractivity contribution is -0.0445. The molecule has 3 N–H and O–H groups in total. The molecule has 67 heavy (non-hydrogen) atoms. The van der Waals surface area contributed by atoms with E-state index in [2.05, 4.69) is 45.1 Å². The molecule has 0 amide bonds. The number of hydrogen-bond donors (Lipinski definition) is 3. The summed E-state index contributed by atoms with van der Waals surface area (Å²) in [6, 6.07) is 15.1. The third-order valence-electron chi connectivity index (χ3n) is 11.9. The third-order valence-corrected chi connectivity index (χ3v) is 49.7. The van der Waals surface area contributed by atoms with Crippen molar-refractivity contribution in [2.24, 2.45) is 23.7 Å². The zero-order chi connectivity index (χ0) is 47.4. The van der Waals surface area contributed by atoms with Crippen LogP contribution in [0.4, 0.5) is 0 Å². The average Bonchev–Trinajstić information content (AvgIpc) is 3.38. The largest absolute Gasteiger partial charge is 0.508 e. The Hall–Kier alpha value is 0.580. The van der Waals surface area contributed by atoms with Gasteiger partial charge in [-0.25, -0.2) is 0 Å². The Labute approximate surface area is 453 Å². The van der Waals surface area contributed by atoms with E-state index in [1.807, 2.05) is 30.3 Å². The van der Waals surface area contributed by atoms with Crippen LogP contribution in [0, 0.1) is 23.7 Å². The molecule has 0 radical (unpaired) electrons. The van der Waals surface area contributed by atoms with Gasteiger partial charge in [0.25, 0.3) is 0 Å². The number of rotatable bonds is 7. The first-order chi connectivity index (χ1) is 32.8. The van der Waals surface area contributed by atoms with Gasteiger partial charge in [0, 0.05) is 231 Å². The maximum atomic E-state index is 11.2. The normalized spacial score (nSPS) is 23.7. The van der Waals surface area contributed by atoms with Gasteiger partial charge in [0.05, 0.1) is 30.4 Å². The fraction of sp³-hybridized carbons (Fsp3) is 0.436. The van der Waals surface area contributed by atoms with Crippen LogP contribution in [-0.2, 0) is 182 Å². The van der Waals surface area contributed by atoms with Gasteiger partial charge in [0.1, 0.15) is 11.5 Å². The number of piperidine rings is 6. The van der Waals surface area contributed by atoms with Crippen LogP contribution >= 0.6 is 0 Å². The first-order valence-electron chi connectivity index (χ1n) is 20.1. The summed E-state index contributed by atoms with van der Waals surface area (Å²) in [5.41, 5.74) is 3.51. The van der Waals surface area contributed by atoms with E-state index < -0.39 is 12.2 Å². The van der Waals surface area contributed by atoms with Gasteiger partial charge in [0.15, 0.2) is 0 Å². The number of aliphatic hydroxyl groups is 2. The fourth-order valence-corrected chi connectivity index (χ4v) is 52.9. The number of hydrogen-bond acceptors (Lipinski definition) is 10. The summed E-state index contributed by atoms with van der Waals surface area (Å²) >= 11 is 9.51. The number of phenolic OH excluding ortho intramolecular Hbond substituents is 1. The Morgan fingerprint density at radius 1 is 0.612 bits per heavy atom. The highest BCUT2D eigenvalue weighted by molar-refractivity contribution is 8.78. The number of nitrogens with zero attached hydrogens (tertiary/aromatic N) is 4. The summed E-state index contributed by atoms with van der Waals surface area (Å²) < 4.78 is 5.35. The van der Waals surface area contributed by atoms with Gasteiger partial charge < -0.3 is 20.1 Å². The topological polar surface area (TPSA) is 102 Å². The molecule has 6 aliphatic rings. The monoisotopic (exact) mass is 1270 g/mol. The number of phenols is 1. The molecule has 8 nitrogen and oxygen atoms in total. The number of fused-ring (bicyclic) bond motifs is 8. The molecular weight excluding hydrogens is 1230 g/mol. The fourth-order valence-electron chi connectivity index (χ4n) is 8.95. The number of ether oxygens (including phenoxy) is 1. The molecule has 2 aromatic heterocycles. The minimum atomic E-state index is -0.559. The van der Waals surface area contributed by atoms with Crippen molar-refractivity contribution in [2.45, 2.75) is 50.0 Å². The SMILES string of the molecule is C=CC1CN2CCC1CC2[C@H](O)c1ccnc2ccc(O)cc12.C=CC1CN2CCC1CC2[C@H](O)c1ccnc2ccc(OC)cc12.S=S=S=S=S=S=S=S=S=S=S=S=S=S=S=S=S=S=S=S. The molecule has 10 atom stereocenters. The molecule has 4 aromatic rings. The number of benzene rings is 2. The van der Waals surface area contributed by atoms with Gasteiger partial charge in [-0.05, 0) is 122 Å². The molecular formula is C39H46N4O4S20. The molecule has 366 valence electrons. The van der Waals surface area contributed by atoms with Crippen molar-refractivity contribution in [1.82, 2.24) is 19.8 Å². The lowest BCUT2D eigenvalue weighted by Crippen LogP contribution is -2.54. The van der Waals surface area contributed by atoms with Gasteiger partial charge in [0.2, 0.25) is 0 Å². The van der Waals surface area contributed by atoms with Crippen molar-refractivity contribution >= 4 is 204 Å². The van der Waals surface area contributed by atoms with Gasteiger partial charge in [-0.3, -0.25) is 19.8 Å². The lowest BCUT2D eigenvalue weighted by atomic mass is 9.73. The number of pyridine rings is 2. The second-order valence-electron chi connectivity index (χ2n) is 15.0. The molecule has 8 unspecified atom stereocenters.